The monoisotopic (exact) mass is 297 g/mol. The summed E-state index contributed by atoms with van der Waals surface area (Å²) in [6, 6.07) is 7.59. The number of aliphatic carboxylic acids is 1. The summed E-state index contributed by atoms with van der Waals surface area (Å²) < 4.78 is 0. The molecule has 3 aliphatic rings. The lowest BCUT2D eigenvalue weighted by atomic mass is 9.82. The van der Waals surface area contributed by atoms with Crippen molar-refractivity contribution in [3.8, 4) is 0 Å². The molecule has 1 aromatic rings. The molecule has 114 valence electrons. The maximum Gasteiger partial charge on any atom is 0.307 e. The SMILES string of the molecule is Cc1ccccc1NC(=O)C1C(C(=O)O)C2C=CC1C21CC1. The number of nitrogens with one attached hydrogen (secondary N) is 1. The Kier molecular flexibility index (Phi) is 2.74. The maximum absolute atomic E-state index is 12.8. The molecule has 1 aromatic carbocycles. The average molecular weight is 297 g/mol. The first-order valence-corrected chi connectivity index (χ1v) is 7.82. The molecule has 4 unspecified atom stereocenters. The normalized spacial score (nSPS) is 33.1. The Morgan fingerprint density at radius 1 is 1.14 bits per heavy atom. The van der Waals surface area contributed by atoms with E-state index in [4.69, 9.17) is 0 Å². The minimum atomic E-state index is -0.840. The van der Waals surface area contributed by atoms with E-state index >= 15 is 0 Å². The Morgan fingerprint density at radius 2 is 1.77 bits per heavy atom. The van der Waals surface area contributed by atoms with Gasteiger partial charge in [0.25, 0.3) is 0 Å². The fraction of sp³-hybridized carbons (Fsp3) is 0.444. The van der Waals surface area contributed by atoms with Crippen LogP contribution in [-0.2, 0) is 9.59 Å². The molecule has 1 amide bonds. The number of para-hydroxylation sites is 1. The molecule has 0 aliphatic heterocycles. The van der Waals surface area contributed by atoms with Crippen molar-refractivity contribution in [3.63, 3.8) is 0 Å². The molecule has 3 aliphatic carbocycles. The number of carboxylic acid groups (broad SMARTS) is 1. The molecule has 0 saturated heterocycles. The Hall–Kier alpha value is -2.10. The number of amides is 1. The molecule has 4 heteroatoms. The molecule has 2 saturated carbocycles. The molecule has 2 fully saturated rings. The third kappa shape index (κ3) is 1.70. The predicted molar refractivity (Wildman–Crippen MR) is 82.2 cm³/mol. The minimum Gasteiger partial charge on any atom is -0.481 e. The van der Waals surface area contributed by atoms with E-state index in [9.17, 15) is 14.7 Å². The molecule has 22 heavy (non-hydrogen) atoms. The van der Waals surface area contributed by atoms with E-state index < -0.39 is 17.8 Å². The van der Waals surface area contributed by atoms with Gasteiger partial charge in [-0.15, -0.1) is 0 Å². The summed E-state index contributed by atoms with van der Waals surface area (Å²) in [7, 11) is 0. The molecule has 0 aromatic heterocycles. The molecular weight excluding hydrogens is 278 g/mol. The van der Waals surface area contributed by atoms with Crippen LogP contribution in [0.25, 0.3) is 0 Å². The van der Waals surface area contributed by atoms with E-state index in [0.717, 1.165) is 24.1 Å². The molecule has 2 N–H and O–H groups in total. The quantitative estimate of drug-likeness (QED) is 0.843. The zero-order valence-corrected chi connectivity index (χ0v) is 12.5. The van der Waals surface area contributed by atoms with Crippen molar-refractivity contribution in [3.05, 3.63) is 42.0 Å². The Morgan fingerprint density at radius 3 is 2.36 bits per heavy atom. The number of hydrogen-bond donors (Lipinski definition) is 2. The van der Waals surface area contributed by atoms with Crippen LogP contribution in [0.2, 0.25) is 0 Å². The highest BCUT2D eigenvalue weighted by molar-refractivity contribution is 5.97. The summed E-state index contributed by atoms with van der Waals surface area (Å²) >= 11 is 0. The predicted octanol–water partition coefficient (Wildman–Crippen LogP) is 2.85. The smallest absolute Gasteiger partial charge is 0.307 e. The first-order valence-electron chi connectivity index (χ1n) is 7.82. The van der Waals surface area contributed by atoms with Gasteiger partial charge in [0.1, 0.15) is 0 Å². The Balaban J connectivity index is 1.64. The zero-order chi connectivity index (χ0) is 15.5. The molecule has 2 bridgehead atoms. The van der Waals surface area contributed by atoms with Crippen molar-refractivity contribution in [2.75, 3.05) is 5.32 Å². The number of benzene rings is 1. The summed E-state index contributed by atoms with van der Waals surface area (Å²) in [4.78, 5) is 24.5. The van der Waals surface area contributed by atoms with Gasteiger partial charge in [0, 0.05) is 5.69 Å². The number of allylic oxidation sites excluding steroid dienone is 2. The van der Waals surface area contributed by atoms with Crippen molar-refractivity contribution in [2.45, 2.75) is 19.8 Å². The lowest BCUT2D eigenvalue weighted by molar-refractivity contribution is -0.146. The largest absolute Gasteiger partial charge is 0.481 e. The van der Waals surface area contributed by atoms with E-state index in [2.05, 4.69) is 11.4 Å². The van der Waals surface area contributed by atoms with Gasteiger partial charge < -0.3 is 10.4 Å². The van der Waals surface area contributed by atoms with Gasteiger partial charge in [0.05, 0.1) is 11.8 Å². The average Bonchev–Trinajstić information content (AvgIpc) is 3.15. The summed E-state index contributed by atoms with van der Waals surface area (Å²) in [5, 5.41) is 12.6. The van der Waals surface area contributed by atoms with Crippen molar-refractivity contribution < 1.29 is 14.7 Å². The van der Waals surface area contributed by atoms with E-state index in [1.54, 1.807) is 0 Å². The molecule has 0 heterocycles. The summed E-state index contributed by atoms with van der Waals surface area (Å²) in [6.07, 6.45) is 6.22. The number of hydrogen-bond acceptors (Lipinski definition) is 2. The van der Waals surface area contributed by atoms with Crippen LogP contribution in [0.1, 0.15) is 18.4 Å². The van der Waals surface area contributed by atoms with Crippen LogP contribution < -0.4 is 5.32 Å². The van der Waals surface area contributed by atoms with Crippen LogP contribution in [0.4, 0.5) is 5.69 Å². The lowest BCUT2D eigenvalue weighted by Crippen LogP contribution is -2.36. The standard InChI is InChI=1S/C18H19NO3/c1-10-4-2-3-5-13(10)19-16(20)14-11-6-7-12(15(14)17(21)22)18(11)8-9-18/h2-7,11-12,14-15H,8-9H2,1H3,(H,19,20)(H,21,22). The van der Waals surface area contributed by atoms with Gasteiger partial charge in [-0.25, -0.2) is 0 Å². The summed E-state index contributed by atoms with van der Waals surface area (Å²) in [6.45, 7) is 1.94. The number of anilines is 1. The summed E-state index contributed by atoms with van der Waals surface area (Å²) in [5.41, 5.74) is 1.83. The number of carbonyl (C=O) groups is 2. The van der Waals surface area contributed by atoms with E-state index in [-0.39, 0.29) is 23.2 Å². The molecule has 0 radical (unpaired) electrons. The van der Waals surface area contributed by atoms with E-state index in [1.807, 2.05) is 37.3 Å². The van der Waals surface area contributed by atoms with E-state index in [1.165, 1.54) is 0 Å². The van der Waals surface area contributed by atoms with Crippen LogP contribution in [0.5, 0.6) is 0 Å². The van der Waals surface area contributed by atoms with Gasteiger partial charge in [-0.05, 0) is 48.6 Å². The molecule has 4 rings (SSSR count). The fourth-order valence-corrected chi connectivity index (χ4v) is 4.62. The minimum absolute atomic E-state index is 0.0302. The Labute approximate surface area is 129 Å². The highest BCUT2D eigenvalue weighted by atomic mass is 16.4. The first kappa shape index (κ1) is 13.6. The van der Waals surface area contributed by atoms with Gasteiger partial charge in [-0.3, -0.25) is 9.59 Å². The zero-order valence-electron chi connectivity index (χ0n) is 12.5. The van der Waals surface area contributed by atoms with Crippen LogP contribution in [0.15, 0.2) is 36.4 Å². The van der Waals surface area contributed by atoms with Crippen LogP contribution in [0.3, 0.4) is 0 Å². The highest BCUT2D eigenvalue weighted by Crippen LogP contribution is 2.72. The third-order valence-electron chi connectivity index (χ3n) is 5.83. The number of carboxylic acids is 1. The Bertz CT molecular complexity index is 689. The topological polar surface area (TPSA) is 66.4 Å². The highest BCUT2D eigenvalue weighted by Gasteiger charge is 2.70. The van der Waals surface area contributed by atoms with Crippen LogP contribution in [0, 0.1) is 36.0 Å². The second-order valence-electron chi connectivity index (χ2n) is 6.86. The maximum atomic E-state index is 12.8. The molecule has 1 spiro atoms. The van der Waals surface area contributed by atoms with Gasteiger partial charge in [0.2, 0.25) is 5.91 Å². The van der Waals surface area contributed by atoms with Crippen LogP contribution >= 0.6 is 0 Å². The third-order valence-corrected chi connectivity index (χ3v) is 5.83. The molecule has 4 atom stereocenters. The summed E-state index contributed by atoms with van der Waals surface area (Å²) in [5.74, 6) is -1.90. The number of carbonyl (C=O) groups excluding carboxylic acids is 1. The molecule has 4 nitrogen and oxygen atoms in total. The molecular formula is C18H19NO3. The van der Waals surface area contributed by atoms with Gasteiger partial charge in [-0.2, -0.15) is 0 Å². The van der Waals surface area contributed by atoms with Crippen molar-refractivity contribution in [1.82, 2.24) is 0 Å². The number of rotatable bonds is 3. The van der Waals surface area contributed by atoms with Gasteiger partial charge in [-0.1, -0.05) is 30.4 Å². The second-order valence-corrected chi connectivity index (χ2v) is 6.86. The van der Waals surface area contributed by atoms with Crippen LogP contribution in [-0.4, -0.2) is 17.0 Å². The fourth-order valence-electron chi connectivity index (χ4n) is 4.62. The number of aryl methyl sites for hydroxylation is 1. The van der Waals surface area contributed by atoms with Crippen molar-refractivity contribution in [1.29, 1.82) is 0 Å². The first-order chi connectivity index (χ1) is 10.5. The van der Waals surface area contributed by atoms with Crippen molar-refractivity contribution >= 4 is 17.6 Å². The lowest BCUT2D eigenvalue weighted by Gasteiger charge is -2.24. The second kappa shape index (κ2) is 4.45. The van der Waals surface area contributed by atoms with Gasteiger partial charge in [0.15, 0.2) is 0 Å². The van der Waals surface area contributed by atoms with Crippen molar-refractivity contribution in [2.24, 2.45) is 29.1 Å². The van der Waals surface area contributed by atoms with E-state index in [0.29, 0.717) is 0 Å². The van der Waals surface area contributed by atoms with Gasteiger partial charge >= 0.3 is 5.97 Å².